The molecule has 0 unspecified atom stereocenters. The summed E-state index contributed by atoms with van der Waals surface area (Å²) in [5.41, 5.74) is 0. The van der Waals surface area contributed by atoms with E-state index in [0.717, 1.165) is 73.7 Å². The van der Waals surface area contributed by atoms with Gasteiger partial charge in [-0.1, -0.05) is 60.7 Å². The third-order valence-corrected chi connectivity index (χ3v) is 7.59. The summed E-state index contributed by atoms with van der Waals surface area (Å²) in [5, 5.41) is 10.4. The molecule has 4 aromatic carbocycles. The van der Waals surface area contributed by atoms with E-state index in [9.17, 15) is 9.59 Å². The Morgan fingerprint density at radius 1 is 0.571 bits per heavy atom. The summed E-state index contributed by atoms with van der Waals surface area (Å²) in [6, 6.07) is 27.9. The normalized spacial score (nSPS) is 14.1. The molecular formula is C34H40N4O4. The molecular weight excluding hydrogens is 528 g/mol. The van der Waals surface area contributed by atoms with Crippen molar-refractivity contribution in [3.63, 3.8) is 0 Å². The summed E-state index contributed by atoms with van der Waals surface area (Å²) in [7, 11) is 0. The van der Waals surface area contributed by atoms with Crippen LogP contribution in [0.2, 0.25) is 0 Å². The van der Waals surface area contributed by atoms with Gasteiger partial charge in [-0.15, -0.1) is 0 Å². The van der Waals surface area contributed by atoms with E-state index in [1.165, 1.54) is 0 Å². The van der Waals surface area contributed by atoms with E-state index in [1.807, 2.05) is 72.8 Å². The highest BCUT2D eigenvalue weighted by Crippen LogP contribution is 2.21. The Morgan fingerprint density at radius 3 is 1.40 bits per heavy atom. The first-order valence-electron chi connectivity index (χ1n) is 14.8. The molecule has 42 heavy (non-hydrogen) atoms. The van der Waals surface area contributed by atoms with Crippen LogP contribution in [0.1, 0.15) is 12.8 Å². The van der Waals surface area contributed by atoms with E-state index in [4.69, 9.17) is 9.47 Å². The zero-order chi connectivity index (χ0) is 29.0. The van der Waals surface area contributed by atoms with Crippen LogP contribution < -0.4 is 20.1 Å². The molecule has 0 saturated carbocycles. The van der Waals surface area contributed by atoms with Gasteiger partial charge in [0.1, 0.15) is 11.5 Å². The predicted octanol–water partition coefficient (Wildman–Crippen LogP) is 4.08. The van der Waals surface area contributed by atoms with E-state index in [2.05, 4.69) is 32.6 Å². The molecule has 1 heterocycles. The largest absolute Gasteiger partial charge is 0.484 e. The molecule has 1 fully saturated rings. The number of piperazine rings is 1. The molecule has 8 heteroatoms. The molecule has 2 N–H and O–H groups in total. The summed E-state index contributed by atoms with van der Waals surface area (Å²) < 4.78 is 11.3. The maximum Gasteiger partial charge on any atom is 0.257 e. The highest BCUT2D eigenvalue weighted by atomic mass is 16.5. The van der Waals surface area contributed by atoms with Crippen molar-refractivity contribution >= 4 is 33.4 Å². The zero-order valence-electron chi connectivity index (χ0n) is 24.1. The van der Waals surface area contributed by atoms with Crippen LogP contribution in [0.3, 0.4) is 0 Å². The number of nitrogens with zero attached hydrogens (tertiary/aromatic N) is 2. The van der Waals surface area contributed by atoms with Gasteiger partial charge < -0.3 is 29.9 Å². The van der Waals surface area contributed by atoms with Gasteiger partial charge in [-0.25, -0.2) is 0 Å². The van der Waals surface area contributed by atoms with Crippen molar-refractivity contribution in [1.29, 1.82) is 0 Å². The van der Waals surface area contributed by atoms with Gasteiger partial charge in [-0.3, -0.25) is 9.59 Å². The lowest BCUT2D eigenvalue weighted by Gasteiger charge is -2.34. The van der Waals surface area contributed by atoms with Crippen molar-refractivity contribution in [1.82, 2.24) is 20.4 Å². The van der Waals surface area contributed by atoms with Gasteiger partial charge in [0.05, 0.1) is 0 Å². The summed E-state index contributed by atoms with van der Waals surface area (Å²) in [5.74, 6) is 1.21. The van der Waals surface area contributed by atoms with Crippen LogP contribution in [0.15, 0.2) is 84.9 Å². The first kappa shape index (κ1) is 29.4. The maximum atomic E-state index is 12.2. The van der Waals surface area contributed by atoms with Crippen molar-refractivity contribution in [2.75, 3.05) is 65.6 Å². The average Bonchev–Trinajstić information content (AvgIpc) is 3.03. The van der Waals surface area contributed by atoms with Crippen molar-refractivity contribution in [2.24, 2.45) is 0 Å². The monoisotopic (exact) mass is 568 g/mol. The van der Waals surface area contributed by atoms with Crippen molar-refractivity contribution < 1.29 is 19.1 Å². The third kappa shape index (κ3) is 8.93. The molecule has 0 atom stereocenters. The predicted molar refractivity (Wildman–Crippen MR) is 167 cm³/mol. The summed E-state index contributed by atoms with van der Waals surface area (Å²) in [4.78, 5) is 29.3. The Morgan fingerprint density at radius 2 is 0.976 bits per heavy atom. The number of carbonyl (C=O) groups excluding carboxylic acids is 2. The molecule has 0 aromatic heterocycles. The molecule has 0 spiro atoms. The number of benzene rings is 4. The smallest absolute Gasteiger partial charge is 0.257 e. The fourth-order valence-corrected chi connectivity index (χ4v) is 5.21. The van der Waals surface area contributed by atoms with Gasteiger partial charge in [-0.05, 0) is 71.7 Å². The van der Waals surface area contributed by atoms with Crippen LogP contribution in [0, 0.1) is 0 Å². The van der Waals surface area contributed by atoms with Crippen molar-refractivity contribution in [3.8, 4) is 11.5 Å². The quantitative estimate of drug-likeness (QED) is 0.223. The lowest BCUT2D eigenvalue weighted by atomic mass is 10.1. The molecule has 1 saturated heterocycles. The van der Waals surface area contributed by atoms with Crippen molar-refractivity contribution in [3.05, 3.63) is 84.9 Å². The first-order chi connectivity index (χ1) is 20.6. The number of carbonyl (C=O) groups is 2. The molecule has 8 nitrogen and oxygen atoms in total. The van der Waals surface area contributed by atoms with Crippen LogP contribution in [-0.4, -0.2) is 87.2 Å². The van der Waals surface area contributed by atoms with Crippen LogP contribution >= 0.6 is 0 Å². The number of hydrogen-bond acceptors (Lipinski definition) is 6. The molecule has 0 bridgehead atoms. The van der Waals surface area contributed by atoms with E-state index >= 15 is 0 Å². The lowest BCUT2D eigenvalue weighted by Crippen LogP contribution is -2.47. The van der Waals surface area contributed by atoms with Crippen LogP contribution in [0.4, 0.5) is 0 Å². The molecule has 0 aliphatic carbocycles. The summed E-state index contributed by atoms with van der Waals surface area (Å²) in [6.45, 7) is 7.34. The van der Waals surface area contributed by atoms with Crippen LogP contribution in [0.25, 0.3) is 21.5 Å². The van der Waals surface area contributed by atoms with E-state index in [1.54, 1.807) is 0 Å². The first-order valence-corrected chi connectivity index (χ1v) is 14.8. The molecule has 220 valence electrons. The van der Waals surface area contributed by atoms with E-state index in [0.29, 0.717) is 24.6 Å². The Bertz CT molecular complexity index is 1360. The Balaban J connectivity index is 0.870. The molecule has 1 aliphatic heterocycles. The van der Waals surface area contributed by atoms with Gasteiger partial charge in [0.2, 0.25) is 0 Å². The minimum atomic E-state index is -0.0969. The Labute approximate surface area is 247 Å². The zero-order valence-corrected chi connectivity index (χ0v) is 24.1. The highest BCUT2D eigenvalue weighted by Gasteiger charge is 2.16. The third-order valence-electron chi connectivity index (χ3n) is 7.59. The summed E-state index contributed by atoms with van der Waals surface area (Å²) >= 11 is 0. The van der Waals surface area contributed by atoms with E-state index in [-0.39, 0.29) is 25.0 Å². The number of ether oxygens (including phenoxy) is 2. The number of fused-ring (bicyclic) bond motifs is 2. The number of nitrogens with one attached hydrogen (secondary N) is 2. The van der Waals surface area contributed by atoms with Gasteiger partial charge in [0.15, 0.2) is 13.2 Å². The minimum absolute atomic E-state index is 0.0228. The maximum absolute atomic E-state index is 12.2. The fourth-order valence-electron chi connectivity index (χ4n) is 5.21. The number of rotatable bonds is 14. The topological polar surface area (TPSA) is 83.1 Å². The number of amides is 2. The standard InChI is InChI=1S/C34H40N4O4/c39-33(25-41-31-13-11-27-7-1-3-9-29(27)23-31)35-15-5-17-37-19-21-38(22-20-37)18-6-16-36-34(40)26-42-32-14-12-28-8-2-4-10-30(28)24-32/h1-4,7-14,23-24H,5-6,15-22,25-26H2,(H,35,39)(H,36,40). The molecule has 5 rings (SSSR count). The SMILES string of the molecule is O=C(COc1ccc2ccccc2c1)NCCCN1CCN(CCCNC(=O)COc2ccc3ccccc3c2)CC1. The second-order valence-electron chi connectivity index (χ2n) is 10.7. The Kier molecular flexibility index (Phi) is 10.6. The lowest BCUT2D eigenvalue weighted by molar-refractivity contribution is -0.123. The molecule has 1 aliphatic rings. The highest BCUT2D eigenvalue weighted by molar-refractivity contribution is 5.85. The van der Waals surface area contributed by atoms with Gasteiger partial charge in [0.25, 0.3) is 11.8 Å². The second kappa shape index (κ2) is 15.2. The molecule has 4 aromatic rings. The fraction of sp³-hybridized carbons (Fsp3) is 0.353. The minimum Gasteiger partial charge on any atom is -0.484 e. The van der Waals surface area contributed by atoms with Crippen molar-refractivity contribution in [2.45, 2.75) is 12.8 Å². The Hall–Kier alpha value is -4.14. The molecule has 2 amide bonds. The van der Waals surface area contributed by atoms with Crippen LogP contribution in [-0.2, 0) is 9.59 Å². The summed E-state index contributed by atoms with van der Waals surface area (Å²) in [6.07, 6.45) is 1.82. The number of hydrogen-bond donors (Lipinski definition) is 2. The second-order valence-corrected chi connectivity index (χ2v) is 10.7. The van der Waals surface area contributed by atoms with Gasteiger partial charge >= 0.3 is 0 Å². The van der Waals surface area contributed by atoms with Crippen LogP contribution in [0.5, 0.6) is 11.5 Å². The van der Waals surface area contributed by atoms with Gasteiger partial charge in [-0.2, -0.15) is 0 Å². The molecule has 0 radical (unpaired) electrons. The van der Waals surface area contributed by atoms with Gasteiger partial charge in [0, 0.05) is 39.3 Å². The van der Waals surface area contributed by atoms with E-state index < -0.39 is 0 Å². The average molecular weight is 569 g/mol.